The molecule has 0 spiro atoms. The van der Waals surface area contributed by atoms with E-state index < -0.39 is 0 Å². The standard InChI is InChI=1S/C14H15Cl2NO2/c1-18-7-9-12(6-17-8-2-3-8)19-14-11(16)5-4-10(15)13(9)14/h4-5,8,17H,2-3,6-7H2,1H3. The van der Waals surface area contributed by atoms with Crippen LogP contribution >= 0.6 is 23.2 Å². The van der Waals surface area contributed by atoms with Gasteiger partial charge in [-0.05, 0) is 25.0 Å². The highest BCUT2D eigenvalue weighted by atomic mass is 35.5. The summed E-state index contributed by atoms with van der Waals surface area (Å²) in [5.41, 5.74) is 1.63. The first kappa shape index (κ1) is 13.3. The molecule has 1 aliphatic rings. The molecule has 1 saturated carbocycles. The topological polar surface area (TPSA) is 34.4 Å². The third-order valence-electron chi connectivity index (χ3n) is 3.34. The minimum atomic E-state index is 0.467. The molecule has 19 heavy (non-hydrogen) atoms. The van der Waals surface area contributed by atoms with E-state index in [1.54, 1.807) is 19.2 Å². The van der Waals surface area contributed by atoms with Crippen molar-refractivity contribution < 1.29 is 9.15 Å². The number of halogens is 2. The van der Waals surface area contributed by atoms with Crippen LogP contribution in [-0.4, -0.2) is 13.2 Å². The summed E-state index contributed by atoms with van der Waals surface area (Å²) in [6.07, 6.45) is 2.47. The number of hydrogen-bond acceptors (Lipinski definition) is 3. The van der Waals surface area contributed by atoms with E-state index in [4.69, 9.17) is 32.4 Å². The van der Waals surface area contributed by atoms with Gasteiger partial charge in [0.25, 0.3) is 0 Å². The van der Waals surface area contributed by atoms with E-state index in [0.717, 1.165) is 16.7 Å². The maximum Gasteiger partial charge on any atom is 0.154 e. The molecule has 0 saturated heterocycles. The smallest absolute Gasteiger partial charge is 0.154 e. The molecule has 1 aromatic carbocycles. The molecular formula is C14H15Cl2NO2. The molecule has 0 aliphatic heterocycles. The quantitative estimate of drug-likeness (QED) is 0.901. The average Bonchev–Trinajstić information content (AvgIpc) is 3.15. The lowest BCUT2D eigenvalue weighted by Gasteiger charge is -2.03. The first-order chi connectivity index (χ1) is 9.20. The molecule has 3 nitrogen and oxygen atoms in total. The zero-order valence-electron chi connectivity index (χ0n) is 10.6. The lowest BCUT2D eigenvalue weighted by Crippen LogP contribution is -2.15. The zero-order chi connectivity index (χ0) is 13.4. The lowest BCUT2D eigenvalue weighted by molar-refractivity contribution is 0.183. The summed E-state index contributed by atoms with van der Waals surface area (Å²) in [6.45, 7) is 1.15. The summed E-state index contributed by atoms with van der Waals surface area (Å²) in [7, 11) is 1.66. The van der Waals surface area contributed by atoms with Crippen LogP contribution in [0.15, 0.2) is 16.5 Å². The molecule has 102 valence electrons. The molecule has 2 aromatic rings. The Balaban J connectivity index is 2.05. The van der Waals surface area contributed by atoms with Gasteiger partial charge in [-0.2, -0.15) is 0 Å². The summed E-state index contributed by atoms with van der Waals surface area (Å²) >= 11 is 12.4. The van der Waals surface area contributed by atoms with E-state index in [9.17, 15) is 0 Å². The second kappa shape index (κ2) is 5.33. The Morgan fingerprint density at radius 2 is 2.05 bits per heavy atom. The Kier molecular flexibility index (Phi) is 3.72. The Bertz CT molecular complexity index is 605. The molecule has 5 heteroatoms. The normalized spacial score (nSPS) is 15.3. The van der Waals surface area contributed by atoms with Gasteiger partial charge in [-0.3, -0.25) is 0 Å². The molecule has 1 aromatic heterocycles. The van der Waals surface area contributed by atoms with Crippen molar-refractivity contribution in [3.63, 3.8) is 0 Å². The van der Waals surface area contributed by atoms with E-state index in [1.807, 2.05) is 0 Å². The largest absolute Gasteiger partial charge is 0.458 e. The minimum absolute atomic E-state index is 0.467. The van der Waals surface area contributed by atoms with E-state index >= 15 is 0 Å². The molecule has 0 atom stereocenters. The van der Waals surface area contributed by atoms with Crippen molar-refractivity contribution in [3.05, 3.63) is 33.5 Å². The number of fused-ring (bicyclic) bond motifs is 1. The number of hydrogen-bond donors (Lipinski definition) is 1. The van der Waals surface area contributed by atoms with Crippen LogP contribution in [0.25, 0.3) is 11.0 Å². The number of nitrogens with one attached hydrogen (secondary N) is 1. The summed E-state index contributed by atoms with van der Waals surface area (Å²) in [6, 6.07) is 4.16. The summed E-state index contributed by atoms with van der Waals surface area (Å²) in [5, 5.41) is 5.52. The van der Waals surface area contributed by atoms with E-state index in [-0.39, 0.29) is 0 Å². The van der Waals surface area contributed by atoms with Gasteiger partial charge in [0.05, 0.1) is 23.2 Å². The Morgan fingerprint density at radius 3 is 2.74 bits per heavy atom. The van der Waals surface area contributed by atoms with Crippen LogP contribution in [0.5, 0.6) is 0 Å². The van der Waals surface area contributed by atoms with Crippen molar-refractivity contribution in [1.29, 1.82) is 0 Å². The summed E-state index contributed by atoms with van der Waals surface area (Å²) in [4.78, 5) is 0. The fourth-order valence-corrected chi connectivity index (χ4v) is 2.66. The predicted molar refractivity (Wildman–Crippen MR) is 76.8 cm³/mol. The second-order valence-electron chi connectivity index (χ2n) is 4.83. The number of benzene rings is 1. The molecule has 0 radical (unpaired) electrons. The Labute approximate surface area is 121 Å². The van der Waals surface area contributed by atoms with Crippen molar-refractivity contribution in [2.45, 2.75) is 32.0 Å². The van der Waals surface area contributed by atoms with Crippen LogP contribution in [0.1, 0.15) is 24.2 Å². The van der Waals surface area contributed by atoms with Crippen LogP contribution in [0, 0.1) is 0 Å². The van der Waals surface area contributed by atoms with Gasteiger partial charge in [-0.1, -0.05) is 23.2 Å². The van der Waals surface area contributed by atoms with E-state index in [0.29, 0.717) is 34.8 Å². The molecular weight excluding hydrogens is 285 g/mol. The van der Waals surface area contributed by atoms with E-state index in [1.165, 1.54) is 12.8 Å². The maximum absolute atomic E-state index is 6.26. The third kappa shape index (κ3) is 2.61. The number of furan rings is 1. The van der Waals surface area contributed by atoms with Crippen LogP contribution in [0.2, 0.25) is 10.0 Å². The molecule has 1 N–H and O–H groups in total. The molecule has 1 fully saturated rings. The highest BCUT2D eigenvalue weighted by Gasteiger charge is 2.23. The van der Waals surface area contributed by atoms with Gasteiger partial charge in [0.1, 0.15) is 5.76 Å². The number of methoxy groups -OCH3 is 1. The van der Waals surface area contributed by atoms with Crippen LogP contribution in [-0.2, 0) is 17.9 Å². The monoisotopic (exact) mass is 299 g/mol. The Morgan fingerprint density at radius 1 is 1.32 bits per heavy atom. The number of ether oxygens (including phenoxy) is 1. The molecule has 1 aliphatic carbocycles. The summed E-state index contributed by atoms with van der Waals surface area (Å²) in [5.74, 6) is 0.860. The van der Waals surface area contributed by atoms with Gasteiger partial charge in [-0.15, -0.1) is 0 Å². The van der Waals surface area contributed by atoms with Crippen molar-refractivity contribution in [3.8, 4) is 0 Å². The lowest BCUT2D eigenvalue weighted by atomic mass is 10.1. The maximum atomic E-state index is 6.26. The fourth-order valence-electron chi connectivity index (χ4n) is 2.20. The molecule has 0 unspecified atom stereocenters. The second-order valence-corrected chi connectivity index (χ2v) is 5.64. The molecule has 1 heterocycles. The van der Waals surface area contributed by atoms with E-state index in [2.05, 4.69) is 5.32 Å². The van der Waals surface area contributed by atoms with Crippen LogP contribution in [0.3, 0.4) is 0 Å². The first-order valence-electron chi connectivity index (χ1n) is 6.31. The Hall–Kier alpha value is -0.740. The van der Waals surface area contributed by atoms with Gasteiger partial charge >= 0.3 is 0 Å². The minimum Gasteiger partial charge on any atom is -0.458 e. The average molecular weight is 300 g/mol. The van der Waals surface area contributed by atoms with Gasteiger partial charge in [0, 0.05) is 24.1 Å². The number of rotatable bonds is 5. The highest BCUT2D eigenvalue weighted by molar-refractivity contribution is 6.40. The van der Waals surface area contributed by atoms with Gasteiger partial charge < -0.3 is 14.5 Å². The third-order valence-corrected chi connectivity index (χ3v) is 3.95. The van der Waals surface area contributed by atoms with Crippen LogP contribution in [0.4, 0.5) is 0 Å². The van der Waals surface area contributed by atoms with Crippen molar-refractivity contribution in [2.75, 3.05) is 7.11 Å². The van der Waals surface area contributed by atoms with Crippen molar-refractivity contribution in [1.82, 2.24) is 5.32 Å². The zero-order valence-corrected chi connectivity index (χ0v) is 12.1. The highest BCUT2D eigenvalue weighted by Crippen LogP contribution is 2.37. The predicted octanol–water partition coefficient (Wildman–Crippen LogP) is 4.14. The van der Waals surface area contributed by atoms with Gasteiger partial charge in [-0.25, -0.2) is 0 Å². The van der Waals surface area contributed by atoms with Crippen LogP contribution < -0.4 is 5.32 Å². The molecule has 3 rings (SSSR count). The van der Waals surface area contributed by atoms with Crippen molar-refractivity contribution >= 4 is 34.2 Å². The first-order valence-corrected chi connectivity index (χ1v) is 7.07. The van der Waals surface area contributed by atoms with Gasteiger partial charge in [0.2, 0.25) is 0 Å². The SMILES string of the molecule is COCc1c(CNC2CC2)oc2c(Cl)ccc(Cl)c12. The molecule has 0 amide bonds. The van der Waals surface area contributed by atoms with Gasteiger partial charge in [0.15, 0.2) is 5.58 Å². The fraction of sp³-hybridized carbons (Fsp3) is 0.429. The summed E-state index contributed by atoms with van der Waals surface area (Å²) < 4.78 is 11.1. The molecule has 0 bridgehead atoms. The van der Waals surface area contributed by atoms with Crippen molar-refractivity contribution in [2.24, 2.45) is 0 Å².